The predicted molar refractivity (Wildman–Crippen MR) is 59.1 cm³/mol. The van der Waals surface area contributed by atoms with E-state index in [2.05, 4.69) is 13.5 Å². The molecule has 0 rings (SSSR count). The van der Waals surface area contributed by atoms with Gasteiger partial charge in [-0.3, -0.25) is 4.79 Å². The molecule has 0 saturated carbocycles. The molecule has 1 atom stereocenters. The van der Waals surface area contributed by atoms with Gasteiger partial charge in [0.15, 0.2) is 0 Å². The third-order valence-corrected chi connectivity index (χ3v) is 2.16. The number of hydrogen-bond acceptors (Lipinski definition) is 2. The van der Waals surface area contributed by atoms with Crippen molar-refractivity contribution in [2.75, 3.05) is 6.61 Å². The zero-order valence-corrected chi connectivity index (χ0v) is 9.42. The first kappa shape index (κ1) is 13.2. The van der Waals surface area contributed by atoms with Crippen molar-refractivity contribution in [1.82, 2.24) is 0 Å². The van der Waals surface area contributed by atoms with E-state index < -0.39 is 0 Å². The molecule has 2 nitrogen and oxygen atoms in total. The molecule has 14 heavy (non-hydrogen) atoms. The lowest BCUT2D eigenvalue weighted by atomic mass is 10.1. The summed E-state index contributed by atoms with van der Waals surface area (Å²) in [5.41, 5.74) is 0. The van der Waals surface area contributed by atoms with Crippen LogP contribution < -0.4 is 0 Å². The summed E-state index contributed by atoms with van der Waals surface area (Å²) in [6.07, 6.45) is 7.03. The van der Waals surface area contributed by atoms with Gasteiger partial charge >= 0.3 is 5.97 Å². The fraction of sp³-hybridized carbons (Fsp3) is 0.750. The number of carbonyl (C=O) groups excluding carboxylic acids is 1. The van der Waals surface area contributed by atoms with Crippen LogP contribution in [-0.2, 0) is 9.53 Å². The van der Waals surface area contributed by atoms with Crippen LogP contribution in [0.4, 0.5) is 0 Å². The Morgan fingerprint density at radius 2 is 2.14 bits per heavy atom. The van der Waals surface area contributed by atoms with E-state index in [1.165, 1.54) is 12.8 Å². The average molecular weight is 198 g/mol. The number of hydrogen-bond donors (Lipinski definition) is 0. The van der Waals surface area contributed by atoms with E-state index in [9.17, 15) is 4.79 Å². The van der Waals surface area contributed by atoms with Crippen LogP contribution in [-0.4, -0.2) is 12.6 Å². The summed E-state index contributed by atoms with van der Waals surface area (Å²) in [5, 5.41) is 0. The lowest BCUT2D eigenvalue weighted by Crippen LogP contribution is -2.14. The fourth-order valence-electron chi connectivity index (χ4n) is 1.19. The van der Waals surface area contributed by atoms with Gasteiger partial charge in [-0.05, 0) is 12.8 Å². The number of unbranched alkanes of at least 4 members (excludes halogenated alkanes) is 3. The summed E-state index contributed by atoms with van der Waals surface area (Å²) in [6.45, 7) is 8.20. The SMILES string of the molecule is C=CCC(C)C(=O)OCCCCCC. The van der Waals surface area contributed by atoms with Gasteiger partial charge in [-0.2, -0.15) is 0 Å². The molecule has 0 heterocycles. The zero-order valence-electron chi connectivity index (χ0n) is 9.42. The highest BCUT2D eigenvalue weighted by atomic mass is 16.5. The highest BCUT2D eigenvalue weighted by Gasteiger charge is 2.11. The fourth-order valence-corrected chi connectivity index (χ4v) is 1.19. The van der Waals surface area contributed by atoms with Gasteiger partial charge < -0.3 is 4.74 Å². The first-order valence-electron chi connectivity index (χ1n) is 5.49. The molecule has 0 aliphatic rings. The average Bonchev–Trinajstić information content (AvgIpc) is 2.17. The van der Waals surface area contributed by atoms with Gasteiger partial charge in [-0.25, -0.2) is 0 Å². The van der Waals surface area contributed by atoms with Crippen LogP contribution in [0, 0.1) is 5.92 Å². The van der Waals surface area contributed by atoms with Crippen LogP contribution >= 0.6 is 0 Å². The van der Waals surface area contributed by atoms with Crippen molar-refractivity contribution in [3.05, 3.63) is 12.7 Å². The van der Waals surface area contributed by atoms with Crippen molar-refractivity contribution >= 4 is 5.97 Å². The minimum absolute atomic E-state index is 0.0429. The third-order valence-electron chi connectivity index (χ3n) is 2.16. The van der Waals surface area contributed by atoms with Crippen molar-refractivity contribution in [2.24, 2.45) is 5.92 Å². The van der Waals surface area contributed by atoms with Gasteiger partial charge in [0.2, 0.25) is 0 Å². The summed E-state index contributed by atoms with van der Waals surface area (Å²) >= 11 is 0. The van der Waals surface area contributed by atoms with E-state index in [0.29, 0.717) is 13.0 Å². The first-order valence-corrected chi connectivity index (χ1v) is 5.49. The van der Waals surface area contributed by atoms with Gasteiger partial charge in [0.1, 0.15) is 0 Å². The van der Waals surface area contributed by atoms with Gasteiger partial charge in [0, 0.05) is 0 Å². The van der Waals surface area contributed by atoms with Crippen molar-refractivity contribution in [2.45, 2.75) is 46.0 Å². The van der Waals surface area contributed by atoms with Gasteiger partial charge in [0.05, 0.1) is 12.5 Å². The molecule has 0 aromatic carbocycles. The summed E-state index contributed by atoms with van der Waals surface area (Å²) < 4.78 is 5.12. The van der Waals surface area contributed by atoms with Crippen molar-refractivity contribution in [1.29, 1.82) is 0 Å². The quantitative estimate of drug-likeness (QED) is 0.340. The minimum Gasteiger partial charge on any atom is -0.465 e. The lowest BCUT2D eigenvalue weighted by Gasteiger charge is -2.08. The van der Waals surface area contributed by atoms with Gasteiger partial charge in [-0.1, -0.05) is 39.2 Å². The smallest absolute Gasteiger partial charge is 0.308 e. The van der Waals surface area contributed by atoms with E-state index in [-0.39, 0.29) is 11.9 Å². The molecule has 0 radical (unpaired) electrons. The molecule has 0 aromatic heterocycles. The van der Waals surface area contributed by atoms with Crippen LogP contribution in [0.2, 0.25) is 0 Å². The number of carbonyl (C=O) groups is 1. The molecule has 0 aromatic rings. The molecular formula is C12H22O2. The molecule has 82 valence electrons. The van der Waals surface area contributed by atoms with E-state index in [4.69, 9.17) is 4.74 Å². The number of rotatable bonds is 8. The maximum absolute atomic E-state index is 11.3. The molecule has 0 saturated heterocycles. The largest absolute Gasteiger partial charge is 0.465 e. The van der Waals surface area contributed by atoms with Crippen molar-refractivity contribution in [3.63, 3.8) is 0 Å². The predicted octanol–water partition coefficient (Wildman–Crippen LogP) is 3.32. The molecule has 0 bridgehead atoms. The summed E-state index contributed by atoms with van der Waals surface area (Å²) in [5.74, 6) is -0.139. The minimum atomic E-state index is -0.0959. The zero-order chi connectivity index (χ0) is 10.8. The Balaban J connectivity index is 3.38. The summed E-state index contributed by atoms with van der Waals surface area (Å²) in [6, 6.07) is 0. The maximum Gasteiger partial charge on any atom is 0.308 e. The number of esters is 1. The second-order valence-electron chi connectivity index (χ2n) is 3.65. The van der Waals surface area contributed by atoms with E-state index in [0.717, 1.165) is 12.8 Å². The number of ether oxygens (including phenoxy) is 1. The van der Waals surface area contributed by atoms with Gasteiger partial charge in [0.25, 0.3) is 0 Å². The standard InChI is InChI=1S/C12H22O2/c1-4-6-7-8-10-14-12(13)11(3)9-5-2/h5,11H,2,4,6-10H2,1,3H3. The second-order valence-corrected chi connectivity index (χ2v) is 3.65. The summed E-state index contributed by atoms with van der Waals surface area (Å²) in [4.78, 5) is 11.3. The molecule has 0 fully saturated rings. The Kier molecular flexibility index (Phi) is 8.30. The lowest BCUT2D eigenvalue weighted by molar-refractivity contribution is -0.147. The molecule has 2 heteroatoms. The Morgan fingerprint density at radius 3 is 2.71 bits per heavy atom. The van der Waals surface area contributed by atoms with E-state index in [1.54, 1.807) is 6.08 Å². The normalized spacial score (nSPS) is 12.1. The Morgan fingerprint density at radius 1 is 1.43 bits per heavy atom. The molecule has 0 amide bonds. The van der Waals surface area contributed by atoms with Crippen LogP contribution in [0.5, 0.6) is 0 Å². The van der Waals surface area contributed by atoms with E-state index in [1.807, 2.05) is 6.92 Å². The molecule has 1 unspecified atom stereocenters. The first-order chi connectivity index (χ1) is 6.72. The van der Waals surface area contributed by atoms with Crippen LogP contribution in [0.1, 0.15) is 46.0 Å². The van der Waals surface area contributed by atoms with Crippen LogP contribution in [0.15, 0.2) is 12.7 Å². The number of allylic oxidation sites excluding steroid dienone is 1. The second kappa shape index (κ2) is 8.79. The molecular weight excluding hydrogens is 176 g/mol. The molecule has 0 N–H and O–H groups in total. The monoisotopic (exact) mass is 198 g/mol. The van der Waals surface area contributed by atoms with Gasteiger partial charge in [-0.15, -0.1) is 6.58 Å². The topological polar surface area (TPSA) is 26.3 Å². The highest BCUT2D eigenvalue weighted by Crippen LogP contribution is 2.06. The Hall–Kier alpha value is -0.790. The maximum atomic E-state index is 11.3. The Labute approximate surface area is 87.3 Å². The third kappa shape index (κ3) is 6.70. The van der Waals surface area contributed by atoms with Crippen molar-refractivity contribution < 1.29 is 9.53 Å². The van der Waals surface area contributed by atoms with Crippen LogP contribution in [0.25, 0.3) is 0 Å². The van der Waals surface area contributed by atoms with E-state index >= 15 is 0 Å². The Bertz CT molecular complexity index is 164. The summed E-state index contributed by atoms with van der Waals surface area (Å²) in [7, 11) is 0. The molecule has 0 aliphatic heterocycles. The molecule has 0 spiro atoms. The van der Waals surface area contributed by atoms with Crippen molar-refractivity contribution in [3.8, 4) is 0 Å². The molecule has 0 aliphatic carbocycles. The van der Waals surface area contributed by atoms with Crippen LogP contribution in [0.3, 0.4) is 0 Å². The highest BCUT2D eigenvalue weighted by molar-refractivity contribution is 5.72.